The van der Waals surface area contributed by atoms with Gasteiger partial charge in [-0.1, -0.05) is 29.3 Å². The maximum atomic E-state index is 10.1. The van der Waals surface area contributed by atoms with E-state index in [1.54, 1.807) is 0 Å². The second kappa shape index (κ2) is 7.33. The Hall–Kier alpha value is -1.98. The number of hydrogen-bond donors (Lipinski definition) is 2. The normalized spacial score (nSPS) is 16.2. The van der Waals surface area contributed by atoms with Crippen LogP contribution in [0.5, 0.6) is 0 Å². The molecule has 0 saturated carbocycles. The predicted octanol–water partition coefficient (Wildman–Crippen LogP) is 4.57. The van der Waals surface area contributed by atoms with Gasteiger partial charge >= 0.3 is 0 Å². The van der Waals surface area contributed by atoms with E-state index in [1.165, 1.54) is 24.1 Å². The summed E-state index contributed by atoms with van der Waals surface area (Å²) in [5, 5.41) is 12.1. The Kier molecular flexibility index (Phi) is 4.92. The second-order valence-electron chi connectivity index (χ2n) is 6.63. The highest BCUT2D eigenvalue weighted by molar-refractivity contribution is 6.45. The molecule has 1 fully saturated rings. The van der Waals surface area contributed by atoms with Crippen molar-refractivity contribution in [2.45, 2.75) is 38.6 Å². The molecule has 1 aromatic carbocycles. The summed E-state index contributed by atoms with van der Waals surface area (Å²) in [6.45, 7) is 1.89. The number of aromatic amines is 1. The maximum Gasteiger partial charge on any atom is 0.220 e. The van der Waals surface area contributed by atoms with Crippen LogP contribution in [0.1, 0.15) is 31.4 Å². The number of fused-ring (bicyclic) bond motifs is 3. The number of aryl methyl sites for hydroxylation is 1. The lowest BCUT2D eigenvalue weighted by molar-refractivity contribution is -0.119. The lowest BCUT2D eigenvalue weighted by Gasteiger charge is -2.17. The van der Waals surface area contributed by atoms with Gasteiger partial charge in [-0.15, -0.1) is 0 Å². The lowest BCUT2D eigenvalue weighted by atomic mass is 10.0. The number of H-pyrrole nitrogens is 1. The van der Waals surface area contributed by atoms with Crippen LogP contribution in [0, 0.1) is 0 Å². The summed E-state index contributed by atoms with van der Waals surface area (Å²) >= 11 is 12.7. The van der Waals surface area contributed by atoms with E-state index < -0.39 is 0 Å². The van der Waals surface area contributed by atoms with Crippen LogP contribution in [0.3, 0.4) is 0 Å². The Morgan fingerprint density at radius 1 is 1.12 bits per heavy atom. The summed E-state index contributed by atoms with van der Waals surface area (Å²) in [5.74, 6) is 0.204. The minimum absolute atomic E-state index is 0.204. The molecule has 2 aliphatic heterocycles. The fourth-order valence-electron chi connectivity index (χ4n) is 3.77. The van der Waals surface area contributed by atoms with Crippen LogP contribution in [0.25, 0.3) is 22.0 Å². The van der Waals surface area contributed by atoms with Gasteiger partial charge in [-0.2, -0.15) is 5.10 Å². The molecule has 1 saturated heterocycles. The van der Waals surface area contributed by atoms with Gasteiger partial charge in [-0.25, -0.2) is 0 Å². The zero-order valence-corrected chi connectivity index (χ0v) is 15.8. The Balaban J connectivity index is 0.000000240. The standard InChI is InChI=1S/C15H13Cl2N3.C4H7NO/c16-11-5-4-10-13(9-7-18-19-8-9)12-3-1-2-6-20(12)15(10)14(11)17;6-4-2-1-3-5-4/h4-5,7-8H,1-3,6H2,(H,18,19);1-3H2,(H,5,6). The number of nitrogens with one attached hydrogen (secondary N) is 2. The van der Waals surface area contributed by atoms with Crippen molar-refractivity contribution in [1.29, 1.82) is 0 Å². The number of aromatic nitrogens is 3. The van der Waals surface area contributed by atoms with E-state index in [2.05, 4.69) is 26.1 Å². The molecule has 0 unspecified atom stereocenters. The molecule has 26 heavy (non-hydrogen) atoms. The summed E-state index contributed by atoms with van der Waals surface area (Å²) in [6.07, 6.45) is 9.04. The lowest BCUT2D eigenvalue weighted by Crippen LogP contribution is -2.12. The molecular weight excluding hydrogens is 371 g/mol. The summed E-state index contributed by atoms with van der Waals surface area (Å²) in [7, 11) is 0. The predicted molar refractivity (Wildman–Crippen MR) is 105 cm³/mol. The summed E-state index contributed by atoms with van der Waals surface area (Å²) < 4.78 is 2.33. The molecule has 2 N–H and O–H groups in total. The van der Waals surface area contributed by atoms with E-state index >= 15 is 0 Å². The van der Waals surface area contributed by atoms with E-state index in [0.29, 0.717) is 10.0 Å². The first-order chi connectivity index (χ1) is 12.7. The molecule has 0 aliphatic carbocycles. The van der Waals surface area contributed by atoms with Gasteiger partial charge in [0, 0.05) is 47.9 Å². The number of benzene rings is 1. The SMILES string of the molecule is Clc1ccc2c(-c3cn[nH]c3)c3n(c2c1Cl)CCCC3.O=C1CCCN1. The Morgan fingerprint density at radius 2 is 2.00 bits per heavy atom. The van der Waals surface area contributed by atoms with Gasteiger partial charge in [0.25, 0.3) is 0 Å². The highest BCUT2D eigenvalue weighted by Crippen LogP contribution is 2.42. The molecule has 3 aromatic rings. The molecular formula is C19H20Cl2N4O. The second-order valence-corrected chi connectivity index (χ2v) is 7.41. The fourth-order valence-corrected chi connectivity index (χ4v) is 4.19. The van der Waals surface area contributed by atoms with Gasteiger partial charge in [-0.3, -0.25) is 9.89 Å². The molecule has 2 aliphatic rings. The molecule has 5 rings (SSSR count). The van der Waals surface area contributed by atoms with Crippen LogP contribution in [-0.4, -0.2) is 27.2 Å². The number of nitrogens with zero attached hydrogens (tertiary/aromatic N) is 2. The highest BCUT2D eigenvalue weighted by Gasteiger charge is 2.23. The molecule has 2 aromatic heterocycles. The van der Waals surface area contributed by atoms with Crippen LogP contribution in [-0.2, 0) is 17.8 Å². The number of amides is 1. The zero-order chi connectivity index (χ0) is 18.1. The van der Waals surface area contributed by atoms with Crippen molar-refractivity contribution in [2.75, 3.05) is 6.54 Å². The third kappa shape index (κ3) is 3.10. The first-order valence-electron chi connectivity index (χ1n) is 8.91. The third-order valence-corrected chi connectivity index (χ3v) is 5.75. The number of rotatable bonds is 1. The van der Waals surface area contributed by atoms with Crippen molar-refractivity contribution in [2.24, 2.45) is 0 Å². The first kappa shape index (κ1) is 17.4. The van der Waals surface area contributed by atoms with Crippen LogP contribution in [0.4, 0.5) is 0 Å². The molecule has 0 spiro atoms. The van der Waals surface area contributed by atoms with Crippen molar-refractivity contribution in [3.05, 3.63) is 40.3 Å². The monoisotopic (exact) mass is 390 g/mol. The minimum atomic E-state index is 0.204. The van der Waals surface area contributed by atoms with Crippen LogP contribution >= 0.6 is 23.2 Å². The van der Waals surface area contributed by atoms with Gasteiger partial charge in [0.05, 0.1) is 21.8 Å². The minimum Gasteiger partial charge on any atom is -0.356 e. The van der Waals surface area contributed by atoms with Gasteiger partial charge in [0.1, 0.15) is 0 Å². The quantitative estimate of drug-likeness (QED) is 0.638. The van der Waals surface area contributed by atoms with Gasteiger partial charge in [0.15, 0.2) is 0 Å². The maximum absolute atomic E-state index is 10.1. The van der Waals surface area contributed by atoms with E-state index in [1.807, 2.05) is 18.5 Å². The number of hydrogen-bond acceptors (Lipinski definition) is 2. The molecule has 4 heterocycles. The Labute approximate surface area is 161 Å². The Bertz CT molecular complexity index is 939. The molecule has 1 amide bonds. The Morgan fingerprint density at radius 3 is 2.65 bits per heavy atom. The van der Waals surface area contributed by atoms with Crippen molar-refractivity contribution >= 4 is 40.0 Å². The van der Waals surface area contributed by atoms with E-state index in [9.17, 15) is 4.79 Å². The zero-order valence-electron chi connectivity index (χ0n) is 14.3. The molecule has 7 heteroatoms. The molecule has 0 radical (unpaired) electrons. The van der Waals surface area contributed by atoms with Crippen LogP contribution < -0.4 is 5.32 Å². The van der Waals surface area contributed by atoms with Crippen molar-refractivity contribution in [3.63, 3.8) is 0 Å². The van der Waals surface area contributed by atoms with Crippen molar-refractivity contribution in [3.8, 4) is 11.1 Å². The molecule has 136 valence electrons. The average Bonchev–Trinajstić information content (AvgIpc) is 3.38. The number of halogens is 2. The smallest absolute Gasteiger partial charge is 0.220 e. The molecule has 5 nitrogen and oxygen atoms in total. The average molecular weight is 391 g/mol. The first-order valence-corrected chi connectivity index (χ1v) is 9.67. The largest absolute Gasteiger partial charge is 0.356 e. The highest BCUT2D eigenvalue weighted by atomic mass is 35.5. The number of carbonyl (C=O) groups excluding carboxylic acids is 1. The van der Waals surface area contributed by atoms with E-state index in [0.717, 1.165) is 48.8 Å². The molecule has 0 atom stereocenters. The summed E-state index contributed by atoms with van der Waals surface area (Å²) in [5.41, 5.74) is 4.76. The summed E-state index contributed by atoms with van der Waals surface area (Å²) in [6, 6.07) is 3.94. The van der Waals surface area contributed by atoms with Gasteiger partial charge in [0.2, 0.25) is 5.91 Å². The molecule has 0 bridgehead atoms. The van der Waals surface area contributed by atoms with E-state index in [-0.39, 0.29) is 5.91 Å². The van der Waals surface area contributed by atoms with Crippen molar-refractivity contribution in [1.82, 2.24) is 20.1 Å². The fraction of sp³-hybridized carbons (Fsp3) is 0.368. The van der Waals surface area contributed by atoms with Crippen LogP contribution in [0.2, 0.25) is 10.0 Å². The summed E-state index contributed by atoms with van der Waals surface area (Å²) in [4.78, 5) is 10.1. The van der Waals surface area contributed by atoms with Gasteiger partial charge in [-0.05, 0) is 31.7 Å². The van der Waals surface area contributed by atoms with Crippen LogP contribution in [0.15, 0.2) is 24.5 Å². The topological polar surface area (TPSA) is 62.7 Å². The van der Waals surface area contributed by atoms with Crippen molar-refractivity contribution < 1.29 is 4.79 Å². The van der Waals surface area contributed by atoms with Gasteiger partial charge < -0.3 is 9.88 Å². The number of carbonyl (C=O) groups is 1. The third-order valence-electron chi connectivity index (χ3n) is 4.96. The van der Waals surface area contributed by atoms with E-state index in [4.69, 9.17) is 23.2 Å².